The predicted molar refractivity (Wildman–Crippen MR) is 188 cm³/mol. The minimum atomic E-state index is -3.69. The van der Waals surface area contributed by atoms with Gasteiger partial charge in [-0.1, -0.05) is 54.6 Å². The number of hydrogen-bond donors (Lipinski definition) is 4. The van der Waals surface area contributed by atoms with E-state index in [2.05, 4.69) is 31.5 Å². The Morgan fingerprint density at radius 3 is 1.94 bits per heavy atom. The van der Waals surface area contributed by atoms with Crippen LogP contribution >= 0.6 is 0 Å². The van der Waals surface area contributed by atoms with Gasteiger partial charge in [0.2, 0.25) is 10.0 Å². The van der Waals surface area contributed by atoms with Gasteiger partial charge in [0.15, 0.2) is 5.65 Å². The summed E-state index contributed by atoms with van der Waals surface area (Å²) in [6.07, 6.45) is 5.89. The molecule has 49 heavy (non-hydrogen) atoms. The molecule has 264 valence electrons. The van der Waals surface area contributed by atoms with Gasteiger partial charge in [-0.15, -0.1) is 0 Å². The van der Waals surface area contributed by atoms with Crippen molar-refractivity contribution in [3.05, 3.63) is 72.1 Å². The van der Waals surface area contributed by atoms with Crippen molar-refractivity contribution in [2.75, 3.05) is 44.7 Å². The summed E-state index contributed by atoms with van der Waals surface area (Å²) in [5.74, 6) is -1.81. The third-order valence-electron chi connectivity index (χ3n) is 8.77. The third-order valence-corrected chi connectivity index (χ3v) is 9.57. The van der Waals surface area contributed by atoms with Gasteiger partial charge in [-0.25, -0.2) is 28.2 Å². The number of nitrogens with two attached hydrogens (primary N) is 2. The highest BCUT2D eigenvalue weighted by atomic mass is 32.2. The van der Waals surface area contributed by atoms with E-state index in [1.54, 1.807) is 0 Å². The molecule has 2 aromatic heterocycles. The average molecular weight is 695 g/mol. The summed E-state index contributed by atoms with van der Waals surface area (Å²) in [7, 11) is -1.50. The van der Waals surface area contributed by atoms with Crippen molar-refractivity contribution in [1.82, 2.24) is 29.5 Å². The fraction of sp³-hybridized carbons (Fsp3) is 0.441. The van der Waals surface area contributed by atoms with E-state index in [9.17, 15) is 8.42 Å². The molecular weight excluding hydrogens is 648 g/mol. The zero-order chi connectivity index (χ0) is 35.7. The molecule has 1 atom stereocenters. The molecule has 1 saturated carbocycles. The Bertz CT molecular complexity index is 1780. The van der Waals surface area contributed by atoms with Crippen molar-refractivity contribution < 1.29 is 28.2 Å². The van der Waals surface area contributed by atoms with Crippen LogP contribution in [0.4, 0.5) is 5.82 Å². The molecule has 0 radical (unpaired) electrons. The number of primary sulfonamides is 1. The molecule has 2 fully saturated rings. The first-order chi connectivity index (χ1) is 23.2. The molecule has 2 aromatic carbocycles. The second-order valence-corrected chi connectivity index (χ2v) is 14.2. The number of benzene rings is 2. The number of sulfonamides is 1. The Kier molecular flexibility index (Phi) is 12.8. The van der Waals surface area contributed by atoms with Gasteiger partial charge in [-0.3, -0.25) is 14.5 Å². The number of nitrogen functional groups attached to an aromatic ring is 1. The molecule has 1 unspecified atom stereocenters. The lowest BCUT2D eigenvalue weighted by Gasteiger charge is -2.41. The lowest BCUT2D eigenvalue weighted by atomic mass is 9.90. The number of hydrogen-bond acceptors (Lipinski definition) is 10. The normalized spacial score (nSPS) is 19.2. The summed E-state index contributed by atoms with van der Waals surface area (Å²) >= 11 is 0. The van der Waals surface area contributed by atoms with Gasteiger partial charge in [0, 0.05) is 57.5 Å². The summed E-state index contributed by atoms with van der Waals surface area (Å²) in [5.41, 5.74) is 10.5. The summed E-state index contributed by atoms with van der Waals surface area (Å²) in [5, 5.41) is 26.1. The number of anilines is 1. The Morgan fingerprint density at radius 2 is 1.39 bits per heavy atom. The first-order valence-corrected chi connectivity index (χ1v) is 17.9. The molecule has 0 bridgehead atoms. The second-order valence-electron chi connectivity index (χ2n) is 12.5. The van der Waals surface area contributed by atoms with E-state index in [4.69, 9.17) is 35.8 Å². The molecule has 6 N–H and O–H groups in total. The largest absolute Gasteiger partial charge is 0.481 e. The number of fused-ring (bicyclic) bond motifs is 1. The van der Waals surface area contributed by atoms with E-state index in [1.165, 1.54) is 6.33 Å². The number of nitrogens with zero attached hydrogens (tertiary/aromatic N) is 6. The number of carboxylic acid groups (broad SMARTS) is 2. The zero-order valence-electron chi connectivity index (χ0n) is 28.1. The Labute approximate surface area is 286 Å². The molecule has 0 amide bonds. The number of carbonyl (C=O) groups is 2. The molecule has 1 aliphatic carbocycles. The van der Waals surface area contributed by atoms with Gasteiger partial charge in [-0.05, 0) is 43.9 Å². The van der Waals surface area contributed by atoms with Crippen LogP contribution in [0.5, 0.6) is 0 Å². The van der Waals surface area contributed by atoms with E-state index in [-0.39, 0.29) is 17.7 Å². The highest BCUT2D eigenvalue weighted by molar-refractivity contribution is 7.89. The van der Waals surface area contributed by atoms with Crippen molar-refractivity contribution in [3.63, 3.8) is 0 Å². The fourth-order valence-electron chi connectivity index (χ4n) is 6.48. The lowest BCUT2D eigenvalue weighted by molar-refractivity contribution is -0.135. The number of carboxylic acids is 2. The fourth-order valence-corrected chi connectivity index (χ4v) is 7.33. The molecule has 15 heteroatoms. The van der Waals surface area contributed by atoms with Crippen molar-refractivity contribution in [1.29, 1.82) is 0 Å². The van der Waals surface area contributed by atoms with E-state index in [0.717, 1.165) is 99.1 Å². The minimum absolute atomic E-state index is 0.175. The van der Waals surface area contributed by atoms with Crippen LogP contribution in [0.2, 0.25) is 0 Å². The van der Waals surface area contributed by atoms with Crippen molar-refractivity contribution in [2.45, 2.75) is 57.5 Å². The van der Waals surface area contributed by atoms with Crippen molar-refractivity contribution in [3.8, 4) is 11.3 Å². The van der Waals surface area contributed by atoms with Crippen LogP contribution in [-0.4, -0.2) is 105 Å². The summed E-state index contributed by atoms with van der Waals surface area (Å²) < 4.78 is 26.2. The number of piperazine rings is 1. The van der Waals surface area contributed by atoms with Crippen molar-refractivity contribution in [2.24, 2.45) is 5.14 Å². The van der Waals surface area contributed by atoms with E-state index < -0.39 is 22.0 Å². The molecule has 1 saturated heterocycles. The average Bonchev–Trinajstić information content (AvgIpc) is 3.45. The smallest absolute Gasteiger partial charge is 0.300 e. The van der Waals surface area contributed by atoms with E-state index >= 15 is 0 Å². The van der Waals surface area contributed by atoms with Gasteiger partial charge in [0.05, 0.1) is 17.2 Å². The van der Waals surface area contributed by atoms with Crippen LogP contribution in [-0.2, 0) is 19.6 Å². The van der Waals surface area contributed by atoms with Crippen LogP contribution in [0.1, 0.15) is 62.6 Å². The number of likely N-dealkylation sites (N-methyl/N-ethyl adjacent to an activating group) is 1. The Morgan fingerprint density at radius 1 is 0.857 bits per heavy atom. The van der Waals surface area contributed by atoms with Crippen LogP contribution in [0.15, 0.2) is 60.9 Å². The number of aliphatic carboxylic acids is 2. The van der Waals surface area contributed by atoms with Crippen molar-refractivity contribution >= 4 is 38.8 Å². The van der Waals surface area contributed by atoms with Gasteiger partial charge in [0.25, 0.3) is 11.9 Å². The molecule has 6 rings (SSSR count). The van der Waals surface area contributed by atoms with Gasteiger partial charge < -0.3 is 20.8 Å². The highest BCUT2D eigenvalue weighted by Crippen LogP contribution is 2.37. The maximum Gasteiger partial charge on any atom is 0.300 e. The minimum Gasteiger partial charge on any atom is -0.481 e. The predicted octanol–water partition coefficient (Wildman–Crippen LogP) is 3.41. The molecule has 14 nitrogen and oxygen atoms in total. The van der Waals surface area contributed by atoms with Gasteiger partial charge in [-0.2, -0.15) is 5.10 Å². The summed E-state index contributed by atoms with van der Waals surface area (Å²) in [4.78, 5) is 32.0. The van der Waals surface area contributed by atoms with Gasteiger partial charge >= 0.3 is 0 Å². The summed E-state index contributed by atoms with van der Waals surface area (Å²) in [6.45, 7) is 6.72. The van der Waals surface area contributed by atoms with Crippen LogP contribution < -0.4 is 10.9 Å². The van der Waals surface area contributed by atoms with Gasteiger partial charge in [0.1, 0.15) is 17.8 Å². The number of rotatable bonds is 7. The molecule has 2 aliphatic rings. The second kappa shape index (κ2) is 16.8. The molecule has 4 aromatic rings. The van der Waals surface area contributed by atoms with Crippen LogP contribution in [0.3, 0.4) is 0 Å². The molecule has 3 heterocycles. The topological polar surface area (TPSA) is 211 Å². The maximum absolute atomic E-state index is 12.1. The zero-order valence-corrected chi connectivity index (χ0v) is 29.0. The highest BCUT2D eigenvalue weighted by Gasteiger charge is 2.31. The third kappa shape index (κ3) is 10.5. The maximum atomic E-state index is 12.1. The standard InChI is InChI=1S/C30H38N8O2S.2C2H4O2/c1-36-15-17-37(18-16-36)24-11-13-25(14-12-24)38-30-27(29(31)33-20-34-30)28(35-38)23-9-7-22(8-10-23)26(19-41(32,39)40)21-5-3-2-4-6-21;2*1-2(3)4/h2-10,20,24-26H,11-19H2,1H3,(H2,31,33,34)(H2,32,39,40);2*1H3,(H,3,4). The van der Waals surface area contributed by atoms with Crippen LogP contribution in [0.25, 0.3) is 22.3 Å². The van der Waals surface area contributed by atoms with E-state index in [1.807, 2.05) is 54.6 Å². The lowest BCUT2D eigenvalue weighted by Crippen LogP contribution is -2.49. The Balaban J connectivity index is 0.000000612. The quantitative estimate of drug-likeness (QED) is 0.219. The SMILES string of the molecule is CC(=O)O.CC(=O)O.CN1CCN(C2CCC(n3nc(-c4ccc(C(CS(N)(=O)=O)c5ccccc5)cc4)c4c(N)ncnc43)CC2)CC1. The first kappa shape index (κ1) is 37.4. The Hall–Kier alpha value is -4.44. The first-order valence-electron chi connectivity index (χ1n) is 16.2. The monoisotopic (exact) mass is 694 g/mol. The molecule has 1 aliphatic heterocycles. The van der Waals surface area contributed by atoms with E-state index in [0.29, 0.717) is 11.9 Å². The molecule has 0 spiro atoms. The van der Waals surface area contributed by atoms with Crippen LogP contribution in [0, 0.1) is 0 Å². The molecular formula is C34H46N8O6S. The summed E-state index contributed by atoms with van der Waals surface area (Å²) in [6, 6.07) is 18.3. The number of aromatic nitrogens is 4.